The molecule has 4 heteroatoms. The van der Waals surface area contributed by atoms with Gasteiger partial charge in [0.25, 0.3) is 0 Å². The van der Waals surface area contributed by atoms with Crippen molar-refractivity contribution >= 4 is 35.1 Å². The van der Waals surface area contributed by atoms with Crippen molar-refractivity contribution in [1.29, 1.82) is 0 Å². The molecule has 1 saturated heterocycles. The minimum Gasteiger partial charge on any atom is -0.289 e. The summed E-state index contributed by atoms with van der Waals surface area (Å²) in [6.07, 6.45) is 6.82. The Morgan fingerprint density at radius 3 is 1.50 bits per heavy atom. The molecule has 122 valence electrons. The van der Waals surface area contributed by atoms with Crippen LogP contribution in [-0.2, 0) is 9.59 Å². The van der Waals surface area contributed by atoms with E-state index in [-0.39, 0.29) is 22.4 Å². The summed E-state index contributed by atoms with van der Waals surface area (Å²) in [4.78, 5) is 25.0. The fourth-order valence-electron chi connectivity index (χ4n) is 1.60. The first-order chi connectivity index (χ1) is 9.99. The van der Waals surface area contributed by atoms with Gasteiger partial charge in [-0.2, -0.15) is 0 Å². The van der Waals surface area contributed by atoms with E-state index in [0.717, 1.165) is 15.7 Å². The van der Waals surface area contributed by atoms with Crippen molar-refractivity contribution in [2.75, 3.05) is 11.5 Å². The molecule has 0 bridgehead atoms. The predicted octanol–water partition coefficient (Wildman–Crippen LogP) is 5.02. The molecule has 0 unspecified atom stereocenters. The molecule has 1 heterocycles. The summed E-state index contributed by atoms with van der Waals surface area (Å²) in [5.74, 6) is 1.54. The fraction of sp³-hybridized carbons (Fsp3) is 0.556. The van der Waals surface area contributed by atoms with Gasteiger partial charge >= 0.3 is 0 Å². The van der Waals surface area contributed by atoms with Crippen LogP contribution in [-0.4, -0.2) is 23.1 Å². The van der Waals surface area contributed by atoms with Gasteiger partial charge in [-0.15, -0.1) is 23.5 Å². The third-order valence-corrected chi connectivity index (χ3v) is 5.43. The smallest absolute Gasteiger partial charge is 0.191 e. The number of ketones is 2. The molecular weight excluding hydrogens is 312 g/mol. The lowest BCUT2D eigenvalue weighted by molar-refractivity contribution is -0.116. The molecule has 1 aliphatic rings. The van der Waals surface area contributed by atoms with Gasteiger partial charge in [0.15, 0.2) is 11.6 Å². The topological polar surface area (TPSA) is 34.1 Å². The molecule has 0 radical (unpaired) electrons. The second-order valence-electron chi connectivity index (χ2n) is 7.49. The van der Waals surface area contributed by atoms with E-state index in [2.05, 4.69) is 0 Å². The van der Waals surface area contributed by atoms with E-state index in [9.17, 15) is 9.59 Å². The Morgan fingerprint density at radius 1 is 0.818 bits per heavy atom. The number of hydrogen-bond donors (Lipinski definition) is 0. The van der Waals surface area contributed by atoms with Gasteiger partial charge in [0.1, 0.15) is 0 Å². The molecule has 0 aliphatic carbocycles. The number of hydrogen-bond acceptors (Lipinski definition) is 4. The monoisotopic (exact) mass is 338 g/mol. The van der Waals surface area contributed by atoms with E-state index in [1.54, 1.807) is 35.7 Å². The normalized spacial score (nSPS) is 16.7. The first-order valence-corrected chi connectivity index (χ1v) is 9.44. The SMILES string of the molecule is CC(C)(C)/C=C/C(=O)C(C(=O)/C=C/C(C)(C)C)=C1SCCS1. The van der Waals surface area contributed by atoms with Crippen LogP contribution in [0.25, 0.3) is 0 Å². The highest BCUT2D eigenvalue weighted by Gasteiger charge is 2.24. The summed E-state index contributed by atoms with van der Waals surface area (Å²) in [7, 11) is 0. The number of thioether (sulfide) groups is 2. The molecule has 0 aromatic heterocycles. The van der Waals surface area contributed by atoms with Crippen LogP contribution in [0.15, 0.2) is 34.1 Å². The van der Waals surface area contributed by atoms with Gasteiger partial charge in [-0.1, -0.05) is 53.7 Å². The lowest BCUT2D eigenvalue weighted by atomic mass is 9.93. The molecule has 1 fully saturated rings. The number of allylic oxidation sites excluding steroid dienone is 5. The van der Waals surface area contributed by atoms with Gasteiger partial charge in [-0.3, -0.25) is 9.59 Å². The van der Waals surface area contributed by atoms with E-state index < -0.39 is 0 Å². The van der Waals surface area contributed by atoms with Gasteiger partial charge in [0, 0.05) is 11.5 Å². The molecule has 0 amide bonds. The lowest BCUT2D eigenvalue weighted by Crippen LogP contribution is -2.12. The Bertz CT molecular complexity index is 480. The van der Waals surface area contributed by atoms with Gasteiger partial charge in [0.05, 0.1) is 9.81 Å². The van der Waals surface area contributed by atoms with Crippen molar-refractivity contribution in [2.45, 2.75) is 41.5 Å². The zero-order valence-electron chi connectivity index (χ0n) is 14.4. The van der Waals surface area contributed by atoms with Gasteiger partial charge < -0.3 is 0 Å². The Labute approximate surface area is 142 Å². The summed E-state index contributed by atoms with van der Waals surface area (Å²) in [5.41, 5.74) is 0.172. The maximum atomic E-state index is 12.5. The Morgan fingerprint density at radius 2 is 1.18 bits per heavy atom. The largest absolute Gasteiger partial charge is 0.289 e. The molecule has 22 heavy (non-hydrogen) atoms. The van der Waals surface area contributed by atoms with Crippen LogP contribution in [0, 0.1) is 10.8 Å². The zero-order valence-corrected chi connectivity index (χ0v) is 16.0. The molecule has 2 nitrogen and oxygen atoms in total. The highest BCUT2D eigenvalue weighted by atomic mass is 32.2. The Balaban J connectivity index is 3.08. The molecule has 0 N–H and O–H groups in total. The molecular formula is C18H26O2S2. The molecule has 0 aromatic rings. The van der Waals surface area contributed by atoms with Crippen molar-refractivity contribution in [3.05, 3.63) is 34.1 Å². The van der Waals surface area contributed by atoms with E-state index in [4.69, 9.17) is 0 Å². The summed E-state index contributed by atoms with van der Waals surface area (Å²) >= 11 is 3.21. The summed E-state index contributed by atoms with van der Waals surface area (Å²) in [5, 5.41) is 0. The summed E-state index contributed by atoms with van der Waals surface area (Å²) in [6, 6.07) is 0. The maximum absolute atomic E-state index is 12.5. The highest BCUT2D eigenvalue weighted by molar-refractivity contribution is 8.25. The minimum atomic E-state index is -0.185. The Kier molecular flexibility index (Phi) is 6.75. The van der Waals surface area contributed by atoms with E-state index >= 15 is 0 Å². The predicted molar refractivity (Wildman–Crippen MR) is 99.1 cm³/mol. The average molecular weight is 339 g/mol. The molecule has 0 atom stereocenters. The fourth-order valence-corrected chi connectivity index (χ4v) is 4.16. The van der Waals surface area contributed by atoms with Crippen LogP contribution < -0.4 is 0 Å². The second kappa shape index (κ2) is 7.69. The van der Waals surface area contributed by atoms with Crippen LogP contribution in [0.3, 0.4) is 0 Å². The number of carbonyl (C=O) groups excluding carboxylic acids is 2. The first-order valence-electron chi connectivity index (χ1n) is 7.47. The van der Waals surface area contributed by atoms with Crippen LogP contribution in [0.4, 0.5) is 0 Å². The van der Waals surface area contributed by atoms with E-state index in [1.165, 1.54) is 0 Å². The minimum absolute atomic E-state index is 0.0777. The molecule has 1 aliphatic heterocycles. The summed E-state index contributed by atoms with van der Waals surface area (Å²) in [6.45, 7) is 12.2. The second-order valence-corrected chi connectivity index (χ2v) is 9.96. The highest BCUT2D eigenvalue weighted by Crippen LogP contribution is 2.39. The van der Waals surface area contributed by atoms with Crippen LogP contribution >= 0.6 is 23.5 Å². The zero-order chi connectivity index (χ0) is 17.0. The van der Waals surface area contributed by atoms with Gasteiger partial charge in [0.2, 0.25) is 0 Å². The van der Waals surface area contributed by atoms with Crippen molar-refractivity contribution in [2.24, 2.45) is 10.8 Å². The van der Waals surface area contributed by atoms with E-state index in [1.807, 2.05) is 53.7 Å². The number of rotatable bonds is 4. The third kappa shape index (κ3) is 7.01. The molecule has 0 spiro atoms. The molecule has 0 saturated carbocycles. The van der Waals surface area contributed by atoms with Crippen molar-refractivity contribution in [3.63, 3.8) is 0 Å². The first kappa shape index (κ1) is 19.3. The van der Waals surface area contributed by atoms with Crippen LogP contribution in [0.1, 0.15) is 41.5 Å². The number of carbonyl (C=O) groups is 2. The van der Waals surface area contributed by atoms with Crippen molar-refractivity contribution < 1.29 is 9.59 Å². The lowest BCUT2D eigenvalue weighted by Gasteiger charge is -2.12. The average Bonchev–Trinajstić information content (AvgIpc) is 2.86. The Hall–Kier alpha value is -0.740. The van der Waals surface area contributed by atoms with Crippen molar-refractivity contribution in [1.82, 2.24) is 0 Å². The quantitative estimate of drug-likeness (QED) is 0.409. The van der Waals surface area contributed by atoms with Crippen LogP contribution in [0.2, 0.25) is 0 Å². The standard InChI is InChI=1S/C18H26O2S2/c1-17(2,3)9-7-13(19)15(16-21-11-12-22-16)14(20)8-10-18(4,5)6/h7-10H,11-12H2,1-6H3/b9-7+,10-8+. The molecule has 0 aromatic carbocycles. The van der Waals surface area contributed by atoms with Gasteiger partial charge in [-0.05, 0) is 23.0 Å². The maximum Gasteiger partial charge on any atom is 0.191 e. The summed E-state index contributed by atoms with van der Waals surface area (Å²) < 4.78 is 0.868. The van der Waals surface area contributed by atoms with E-state index in [0.29, 0.717) is 5.57 Å². The van der Waals surface area contributed by atoms with Crippen LogP contribution in [0.5, 0.6) is 0 Å². The van der Waals surface area contributed by atoms with Crippen molar-refractivity contribution in [3.8, 4) is 0 Å². The molecule has 1 rings (SSSR count). The van der Waals surface area contributed by atoms with Gasteiger partial charge in [-0.25, -0.2) is 0 Å². The third-order valence-electron chi connectivity index (χ3n) is 2.72.